The van der Waals surface area contributed by atoms with Gasteiger partial charge in [0.1, 0.15) is 5.38 Å². The lowest BCUT2D eigenvalue weighted by atomic mass is 10.1. The van der Waals surface area contributed by atoms with E-state index in [0.29, 0.717) is 0 Å². The molecule has 2 aromatic heterocycles. The van der Waals surface area contributed by atoms with Crippen LogP contribution in [0.25, 0.3) is 0 Å². The third-order valence-corrected chi connectivity index (χ3v) is 5.44. The van der Waals surface area contributed by atoms with Gasteiger partial charge in [-0.15, -0.1) is 34.3 Å². The van der Waals surface area contributed by atoms with Crippen molar-refractivity contribution in [3.05, 3.63) is 43.3 Å². The van der Waals surface area contributed by atoms with Crippen molar-refractivity contribution < 1.29 is 0 Å². The van der Waals surface area contributed by atoms with Crippen LogP contribution in [0, 0.1) is 20.8 Å². The Bertz CT molecular complexity index is 468. The van der Waals surface area contributed by atoms with Crippen LogP contribution in [0.1, 0.15) is 31.1 Å². The van der Waals surface area contributed by atoms with Gasteiger partial charge in [-0.1, -0.05) is 0 Å². The summed E-state index contributed by atoms with van der Waals surface area (Å²) < 4.78 is 0. The number of halogens is 1. The summed E-state index contributed by atoms with van der Waals surface area (Å²) in [7, 11) is 0. The molecule has 2 heterocycles. The normalized spacial score (nSPS) is 13.1. The summed E-state index contributed by atoms with van der Waals surface area (Å²) in [6.07, 6.45) is 0. The first kappa shape index (κ1) is 11.2. The zero-order valence-corrected chi connectivity index (χ0v) is 11.4. The highest BCUT2D eigenvalue weighted by atomic mass is 35.5. The fourth-order valence-corrected chi connectivity index (χ4v) is 4.31. The molecule has 0 aromatic carbocycles. The second-order valence-electron chi connectivity index (χ2n) is 3.73. The van der Waals surface area contributed by atoms with Crippen LogP contribution in [-0.2, 0) is 0 Å². The number of hydrogen-bond acceptors (Lipinski definition) is 2. The van der Waals surface area contributed by atoms with Crippen molar-refractivity contribution in [1.82, 2.24) is 0 Å². The van der Waals surface area contributed by atoms with Crippen molar-refractivity contribution in [2.75, 3.05) is 0 Å². The third kappa shape index (κ3) is 2.12. The van der Waals surface area contributed by atoms with E-state index in [0.717, 1.165) is 0 Å². The number of hydrogen-bond donors (Lipinski definition) is 0. The molecule has 0 aliphatic carbocycles. The Morgan fingerprint density at radius 3 is 2.33 bits per heavy atom. The van der Waals surface area contributed by atoms with E-state index >= 15 is 0 Å². The van der Waals surface area contributed by atoms with E-state index in [1.165, 1.54) is 25.8 Å². The summed E-state index contributed by atoms with van der Waals surface area (Å²) >= 11 is 10.1. The van der Waals surface area contributed by atoms with Crippen molar-refractivity contribution >= 4 is 34.3 Å². The highest BCUT2D eigenvalue weighted by molar-refractivity contribution is 7.13. The van der Waals surface area contributed by atoms with Crippen molar-refractivity contribution in [1.29, 1.82) is 0 Å². The van der Waals surface area contributed by atoms with E-state index in [4.69, 9.17) is 11.6 Å². The van der Waals surface area contributed by atoms with E-state index in [1.807, 2.05) is 0 Å². The molecule has 0 radical (unpaired) electrons. The second-order valence-corrected chi connectivity index (χ2v) is 6.41. The van der Waals surface area contributed by atoms with Gasteiger partial charge in [0, 0.05) is 14.6 Å². The zero-order chi connectivity index (χ0) is 11.0. The Labute approximate surface area is 104 Å². The molecular weight excluding hydrogens is 244 g/mol. The second kappa shape index (κ2) is 4.28. The number of aryl methyl sites for hydroxylation is 3. The summed E-state index contributed by atoms with van der Waals surface area (Å²) in [5, 5.41) is 2.14. The van der Waals surface area contributed by atoms with E-state index in [2.05, 4.69) is 38.3 Å². The first-order valence-electron chi connectivity index (χ1n) is 4.84. The molecule has 0 aliphatic rings. The smallest absolute Gasteiger partial charge is 0.102 e. The van der Waals surface area contributed by atoms with Gasteiger partial charge in [-0.3, -0.25) is 0 Å². The third-order valence-electron chi connectivity index (χ3n) is 2.44. The Kier molecular flexibility index (Phi) is 3.19. The van der Waals surface area contributed by atoms with Crippen LogP contribution in [0.5, 0.6) is 0 Å². The summed E-state index contributed by atoms with van der Waals surface area (Å²) in [5.74, 6) is 0. The van der Waals surface area contributed by atoms with Crippen LogP contribution < -0.4 is 0 Å². The minimum absolute atomic E-state index is 0.0312. The molecule has 1 atom stereocenters. The predicted octanol–water partition coefficient (Wildman–Crippen LogP) is 5.06. The topological polar surface area (TPSA) is 0 Å². The van der Waals surface area contributed by atoms with Gasteiger partial charge in [0.25, 0.3) is 0 Å². The highest BCUT2D eigenvalue weighted by Gasteiger charge is 2.18. The first-order chi connectivity index (χ1) is 7.09. The predicted molar refractivity (Wildman–Crippen MR) is 70.5 cm³/mol. The average molecular weight is 257 g/mol. The molecule has 80 valence electrons. The standard InChI is InChI=1S/C12H13ClS2/c1-7-4-5-14-11(7)10(13)12-8(2)6-9(3)15-12/h4-6,10H,1-3H3. The molecular formula is C12H13ClS2. The molecule has 0 fully saturated rings. The van der Waals surface area contributed by atoms with Crippen LogP contribution in [-0.4, -0.2) is 0 Å². The Balaban J connectivity index is 2.40. The lowest BCUT2D eigenvalue weighted by molar-refractivity contribution is 1.18. The van der Waals surface area contributed by atoms with Gasteiger partial charge in [0.05, 0.1) is 0 Å². The Morgan fingerprint density at radius 1 is 1.13 bits per heavy atom. The summed E-state index contributed by atoms with van der Waals surface area (Å²) in [6.45, 7) is 6.39. The van der Waals surface area contributed by atoms with Gasteiger partial charge >= 0.3 is 0 Å². The number of rotatable bonds is 2. The molecule has 3 heteroatoms. The first-order valence-corrected chi connectivity index (χ1v) is 6.98. The fraction of sp³-hybridized carbons (Fsp3) is 0.333. The summed E-state index contributed by atoms with van der Waals surface area (Å²) in [6, 6.07) is 4.34. The van der Waals surface area contributed by atoms with Gasteiger partial charge in [-0.05, 0) is 49.4 Å². The van der Waals surface area contributed by atoms with Crippen LogP contribution in [0.2, 0.25) is 0 Å². The molecule has 15 heavy (non-hydrogen) atoms. The van der Waals surface area contributed by atoms with E-state index in [1.54, 1.807) is 22.7 Å². The molecule has 0 aliphatic heterocycles. The van der Waals surface area contributed by atoms with Gasteiger partial charge in [-0.2, -0.15) is 0 Å². The molecule has 1 unspecified atom stereocenters. The van der Waals surface area contributed by atoms with Crippen LogP contribution in [0.4, 0.5) is 0 Å². The molecule has 0 N–H and O–H groups in total. The molecule has 2 aromatic rings. The van der Waals surface area contributed by atoms with Crippen molar-refractivity contribution in [2.24, 2.45) is 0 Å². The van der Waals surface area contributed by atoms with E-state index in [9.17, 15) is 0 Å². The molecule has 0 saturated carbocycles. The number of thiophene rings is 2. The Hall–Kier alpha value is -0.310. The van der Waals surface area contributed by atoms with Gasteiger partial charge in [0.2, 0.25) is 0 Å². The molecule has 0 amide bonds. The van der Waals surface area contributed by atoms with E-state index < -0.39 is 0 Å². The average Bonchev–Trinajstić information content (AvgIpc) is 2.71. The molecule has 0 spiro atoms. The summed E-state index contributed by atoms with van der Waals surface area (Å²) in [5.41, 5.74) is 2.61. The van der Waals surface area contributed by atoms with Gasteiger partial charge < -0.3 is 0 Å². The van der Waals surface area contributed by atoms with Gasteiger partial charge in [-0.25, -0.2) is 0 Å². The fourth-order valence-electron chi connectivity index (χ4n) is 1.67. The molecule has 2 rings (SSSR count). The minimum Gasteiger partial charge on any atom is -0.147 e. The minimum atomic E-state index is 0.0312. The lowest BCUT2D eigenvalue weighted by Crippen LogP contribution is -1.90. The summed E-state index contributed by atoms with van der Waals surface area (Å²) in [4.78, 5) is 3.91. The lowest BCUT2D eigenvalue weighted by Gasteiger charge is -2.07. The molecule has 0 nitrogen and oxygen atoms in total. The van der Waals surface area contributed by atoms with Crippen LogP contribution in [0.3, 0.4) is 0 Å². The van der Waals surface area contributed by atoms with E-state index in [-0.39, 0.29) is 5.38 Å². The van der Waals surface area contributed by atoms with Gasteiger partial charge in [0.15, 0.2) is 0 Å². The van der Waals surface area contributed by atoms with Crippen molar-refractivity contribution in [3.8, 4) is 0 Å². The van der Waals surface area contributed by atoms with Crippen molar-refractivity contribution in [3.63, 3.8) is 0 Å². The quantitative estimate of drug-likeness (QED) is 0.659. The maximum atomic E-state index is 6.52. The SMILES string of the molecule is Cc1cc(C)c(C(Cl)c2sccc2C)s1. The zero-order valence-electron chi connectivity index (χ0n) is 9.00. The monoisotopic (exact) mass is 256 g/mol. The van der Waals surface area contributed by atoms with Crippen molar-refractivity contribution in [2.45, 2.75) is 26.1 Å². The maximum Gasteiger partial charge on any atom is 0.102 e. The van der Waals surface area contributed by atoms with Crippen LogP contribution >= 0.6 is 34.3 Å². The Morgan fingerprint density at radius 2 is 1.87 bits per heavy atom. The number of alkyl halides is 1. The maximum absolute atomic E-state index is 6.52. The highest BCUT2D eigenvalue weighted by Crippen LogP contribution is 2.39. The largest absolute Gasteiger partial charge is 0.147 e. The van der Waals surface area contributed by atoms with Crippen LogP contribution in [0.15, 0.2) is 17.5 Å². The molecule has 0 bridgehead atoms. The molecule has 0 saturated heterocycles.